The van der Waals surface area contributed by atoms with Gasteiger partial charge in [0.1, 0.15) is 10.3 Å². The van der Waals surface area contributed by atoms with Crippen molar-refractivity contribution in [1.82, 2.24) is 9.55 Å². The molecule has 0 bridgehead atoms. The monoisotopic (exact) mass is 397 g/mol. The van der Waals surface area contributed by atoms with Gasteiger partial charge in [0.05, 0.1) is 11.4 Å². The Morgan fingerprint density at radius 1 is 1.40 bits per heavy atom. The molecule has 1 amide bonds. The molecule has 0 aliphatic heterocycles. The van der Waals surface area contributed by atoms with Crippen LogP contribution in [0.1, 0.15) is 35.1 Å². The van der Waals surface area contributed by atoms with Crippen LogP contribution in [0.15, 0.2) is 33.5 Å². The maximum absolute atomic E-state index is 12.4. The van der Waals surface area contributed by atoms with Crippen LogP contribution in [-0.4, -0.2) is 15.5 Å². The van der Waals surface area contributed by atoms with Crippen LogP contribution in [0.2, 0.25) is 0 Å². The van der Waals surface area contributed by atoms with Gasteiger partial charge in [0.25, 0.3) is 5.91 Å². The average Bonchev–Trinajstić information content (AvgIpc) is 3.16. The van der Waals surface area contributed by atoms with Gasteiger partial charge in [-0.15, -0.1) is 0 Å². The average molecular weight is 399 g/mol. The van der Waals surface area contributed by atoms with E-state index in [2.05, 4.69) is 42.2 Å². The summed E-state index contributed by atoms with van der Waals surface area (Å²) in [4.78, 5) is 16.7. The first-order chi connectivity index (χ1) is 9.54. The fourth-order valence-electron chi connectivity index (χ4n) is 2.13. The number of halogens is 2. The SMILES string of the molecule is Cc1nc(Br)ccc1NC(=O)c1cc(Br)cn1C1CC1. The smallest absolute Gasteiger partial charge is 0.272 e. The summed E-state index contributed by atoms with van der Waals surface area (Å²) in [6.45, 7) is 1.87. The molecule has 104 valence electrons. The number of carbonyl (C=O) groups excluding carboxylic acids is 1. The maximum Gasteiger partial charge on any atom is 0.272 e. The number of aryl methyl sites for hydroxylation is 1. The molecule has 0 saturated heterocycles. The van der Waals surface area contributed by atoms with Crippen molar-refractivity contribution in [3.8, 4) is 0 Å². The second kappa shape index (κ2) is 5.33. The van der Waals surface area contributed by atoms with E-state index >= 15 is 0 Å². The molecule has 6 heteroatoms. The standard InChI is InChI=1S/C14H13Br2N3O/c1-8-11(4-5-13(16)17-8)18-14(20)12-6-9(15)7-19(12)10-2-3-10/h4-7,10H,2-3H2,1H3,(H,18,20). The lowest BCUT2D eigenvalue weighted by atomic mass is 10.3. The molecule has 2 aromatic heterocycles. The van der Waals surface area contributed by atoms with E-state index in [1.54, 1.807) is 0 Å². The van der Waals surface area contributed by atoms with Crippen LogP contribution >= 0.6 is 31.9 Å². The molecule has 0 radical (unpaired) electrons. The molecule has 0 atom stereocenters. The van der Waals surface area contributed by atoms with Crippen LogP contribution in [0.25, 0.3) is 0 Å². The number of rotatable bonds is 3. The first-order valence-corrected chi connectivity index (χ1v) is 7.95. The van der Waals surface area contributed by atoms with Crippen molar-refractivity contribution in [2.24, 2.45) is 0 Å². The lowest BCUT2D eigenvalue weighted by Gasteiger charge is -2.10. The third-order valence-corrected chi connectivity index (χ3v) is 4.16. The van der Waals surface area contributed by atoms with Gasteiger partial charge in [0, 0.05) is 16.7 Å². The summed E-state index contributed by atoms with van der Waals surface area (Å²) in [5.41, 5.74) is 2.20. The zero-order valence-corrected chi connectivity index (χ0v) is 14.0. The molecule has 20 heavy (non-hydrogen) atoms. The van der Waals surface area contributed by atoms with Gasteiger partial charge in [0.2, 0.25) is 0 Å². The van der Waals surface area contributed by atoms with E-state index in [4.69, 9.17) is 0 Å². The van der Waals surface area contributed by atoms with Crippen molar-refractivity contribution in [2.75, 3.05) is 5.32 Å². The fraction of sp³-hybridized carbons (Fsp3) is 0.286. The molecule has 1 N–H and O–H groups in total. The third kappa shape index (κ3) is 2.81. The van der Waals surface area contributed by atoms with Crippen molar-refractivity contribution >= 4 is 43.5 Å². The quantitative estimate of drug-likeness (QED) is 0.783. The lowest BCUT2D eigenvalue weighted by molar-refractivity contribution is 0.101. The summed E-state index contributed by atoms with van der Waals surface area (Å²) in [6, 6.07) is 5.99. The molecular weight excluding hydrogens is 386 g/mol. The number of hydrogen-bond acceptors (Lipinski definition) is 2. The number of aromatic nitrogens is 2. The largest absolute Gasteiger partial charge is 0.339 e. The molecule has 1 fully saturated rings. The second-order valence-corrected chi connectivity index (χ2v) is 6.63. The normalized spacial score (nSPS) is 14.3. The van der Waals surface area contributed by atoms with E-state index in [-0.39, 0.29) is 5.91 Å². The van der Waals surface area contributed by atoms with Crippen molar-refractivity contribution in [3.05, 3.63) is 44.9 Å². The zero-order chi connectivity index (χ0) is 14.3. The Labute approximate surface area is 133 Å². The Bertz CT molecular complexity index is 677. The molecule has 4 nitrogen and oxygen atoms in total. The molecule has 1 saturated carbocycles. The molecule has 2 aromatic rings. The Kier molecular flexibility index (Phi) is 3.69. The molecule has 2 heterocycles. The lowest BCUT2D eigenvalue weighted by Crippen LogP contribution is -2.17. The number of pyridine rings is 1. The second-order valence-electron chi connectivity index (χ2n) is 4.90. The molecule has 1 aliphatic rings. The maximum atomic E-state index is 12.4. The summed E-state index contributed by atoms with van der Waals surface area (Å²) in [5.74, 6) is -0.102. The van der Waals surface area contributed by atoms with Gasteiger partial charge < -0.3 is 9.88 Å². The zero-order valence-electron chi connectivity index (χ0n) is 10.9. The van der Waals surface area contributed by atoms with Gasteiger partial charge in [0.15, 0.2) is 0 Å². The highest BCUT2D eigenvalue weighted by Gasteiger charge is 2.27. The first kappa shape index (κ1) is 13.8. The number of nitrogens with one attached hydrogen (secondary N) is 1. The van der Waals surface area contributed by atoms with Gasteiger partial charge in [-0.05, 0) is 69.8 Å². The number of nitrogens with zero attached hydrogens (tertiary/aromatic N) is 2. The molecule has 0 unspecified atom stereocenters. The van der Waals surface area contributed by atoms with E-state index in [1.165, 1.54) is 0 Å². The summed E-state index contributed by atoms with van der Waals surface area (Å²) in [6.07, 6.45) is 4.25. The van der Waals surface area contributed by atoms with E-state index in [0.29, 0.717) is 11.7 Å². The van der Waals surface area contributed by atoms with Gasteiger partial charge >= 0.3 is 0 Å². The first-order valence-electron chi connectivity index (χ1n) is 6.36. The minimum Gasteiger partial charge on any atom is -0.339 e. The molecular formula is C14H13Br2N3O. The van der Waals surface area contributed by atoms with Crippen LogP contribution in [0.3, 0.4) is 0 Å². The highest BCUT2D eigenvalue weighted by molar-refractivity contribution is 9.10. The summed E-state index contributed by atoms with van der Waals surface area (Å²) in [5, 5.41) is 2.93. The van der Waals surface area contributed by atoms with Crippen molar-refractivity contribution < 1.29 is 4.79 Å². The Morgan fingerprint density at radius 2 is 2.15 bits per heavy atom. The van der Waals surface area contributed by atoms with Crippen LogP contribution in [0.5, 0.6) is 0 Å². The minimum absolute atomic E-state index is 0.102. The van der Waals surface area contributed by atoms with Crippen LogP contribution in [-0.2, 0) is 0 Å². The Balaban J connectivity index is 1.86. The van der Waals surface area contributed by atoms with E-state index in [1.807, 2.05) is 35.9 Å². The number of amides is 1. The van der Waals surface area contributed by atoms with Crippen LogP contribution < -0.4 is 5.32 Å². The summed E-state index contributed by atoms with van der Waals surface area (Å²) < 4.78 is 3.73. The number of anilines is 1. The summed E-state index contributed by atoms with van der Waals surface area (Å²) in [7, 11) is 0. The number of carbonyl (C=O) groups is 1. The van der Waals surface area contributed by atoms with Crippen molar-refractivity contribution in [3.63, 3.8) is 0 Å². The fourth-order valence-corrected chi connectivity index (χ4v) is 2.97. The Hall–Kier alpha value is -1.14. The van der Waals surface area contributed by atoms with Crippen LogP contribution in [0, 0.1) is 6.92 Å². The molecule has 0 aromatic carbocycles. The van der Waals surface area contributed by atoms with E-state index in [0.717, 1.165) is 33.3 Å². The van der Waals surface area contributed by atoms with Gasteiger partial charge in [-0.2, -0.15) is 0 Å². The van der Waals surface area contributed by atoms with Gasteiger partial charge in [-0.3, -0.25) is 4.79 Å². The topological polar surface area (TPSA) is 46.9 Å². The molecule has 3 rings (SSSR count). The third-order valence-electron chi connectivity index (χ3n) is 3.29. The van der Waals surface area contributed by atoms with Gasteiger partial charge in [-0.25, -0.2) is 4.98 Å². The highest BCUT2D eigenvalue weighted by atomic mass is 79.9. The minimum atomic E-state index is -0.102. The number of hydrogen-bond donors (Lipinski definition) is 1. The predicted molar refractivity (Wildman–Crippen MR) is 85.0 cm³/mol. The highest BCUT2D eigenvalue weighted by Crippen LogP contribution is 2.37. The predicted octanol–water partition coefficient (Wildman–Crippen LogP) is 4.30. The van der Waals surface area contributed by atoms with E-state index < -0.39 is 0 Å². The van der Waals surface area contributed by atoms with E-state index in [9.17, 15) is 4.79 Å². The molecule has 0 spiro atoms. The van der Waals surface area contributed by atoms with Gasteiger partial charge in [-0.1, -0.05) is 0 Å². The Morgan fingerprint density at radius 3 is 2.80 bits per heavy atom. The van der Waals surface area contributed by atoms with Crippen LogP contribution in [0.4, 0.5) is 5.69 Å². The molecule has 1 aliphatic carbocycles. The van der Waals surface area contributed by atoms with Crippen molar-refractivity contribution in [2.45, 2.75) is 25.8 Å². The summed E-state index contributed by atoms with van der Waals surface area (Å²) >= 11 is 6.75. The van der Waals surface area contributed by atoms with Crippen molar-refractivity contribution in [1.29, 1.82) is 0 Å².